The molecule has 0 amide bonds. The highest BCUT2D eigenvalue weighted by atomic mass is 16.3. The number of nitriles is 1. The average molecular weight is 667 g/mol. The number of hydrogen-bond donors (Lipinski definition) is 0. The highest BCUT2D eigenvalue weighted by Crippen LogP contribution is 2.52. The molecule has 7 nitrogen and oxygen atoms in total. The number of para-hydroxylation sites is 2. The summed E-state index contributed by atoms with van der Waals surface area (Å²) in [4.78, 5) is 17.5. The first kappa shape index (κ1) is 29.5. The Kier molecular flexibility index (Phi) is 6.73. The van der Waals surface area contributed by atoms with Crippen LogP contribution in [0.4, 0.5) is 0 Å². The first-order valence-corrected chi connectivity index (χ1v) is 16.9. The smallest absolute Gasteiger partial charge is 0.160 e. The predicted octanol–water partition coefficient (Wildman–Crippen LogP) is 10.8. The summed E-state index contributed by atoms with van der Waals surface area (Å²) in [6.07, 6.45) is 14.3. The Balaban J connectivity index is 1.53. The quantitative estimate of drug-likeness (QED) is 0.181. The molecule has 0 aliphatic heterocycles. The fourth-order valence-corrected chi connectivity index (χ4v) is 7.75. The molecule has 0 radical (unpaired) electrons. The minimum atomic E-state index is 0.512. The summed E-state index contributed by atoms with van der Waals surface area (Å²) < 4.78 is 9.01. The molecule has 10 aromatic rings. The zero-order valence-corrected chi connectivity index (χ0v) is 27.6. The topological polar surface area (TPSA) is 93.4 Å². The summed E-state index contributed by atoms with van der Waals surface area (Å²) in [5.41, 5.74) is 11.8. The maximum Gasteiger partial charge on any atom is 0.160 e. The van der Waals surface area contributed by atoms with E-state index in [1.54, 1.807) is 37.2 Å². The highest BCUT2D eigenvalue weighted by Gasteiger charge is 2.31. The summed E-state index contributed by atoms with van der Waals surface area (Å²) in [7, 11) is 0. The number of aromatic nitrogens is 5. The molecule has 0 bridgehead atoms. The lowest BCUT2D eigenvalue weighted by Gasteiger charge is -2.26. The van der Waals surface area contributed by atoms with Crippen LogP contribution in [-0.4, -0.2) is 24.5 Å². The second kappa shape index (κ2) is 11.9. The minimum Gasteiger partial charge on any atom is -0.454 e. The van der Waals surface area contributed by atoms with Crippen molar-refractivity contribution in [1.29, 1.82) is 5.26 Å². The molecule has 52 heavy (non-hydrogen) atoms. The molecule has 0 saturated heterocycles. The highest BCUT2D eigenvalue weighted by molar-refractivity contribution is 6.22. The second-order valence-corrected chi connectivity index (χ2v) is 12.6. The van der Waals surface area contributed by atoms with Gasteiger partial charge in [0.1, 0.15) is 11.7 Å². The Labute approximate surface area is 297 Å². The number of furan rings is 1. The number of fused-ring (bicyclic) bond motifs is 7. The molecule has 0 aliphatic carbocycles. The maximum absolute atomic E-state index is 11.6. The van der Waals surface area contributed by atoms with Gasteiger partial charge in [-0.05, 0) is 94.5 Å². The predicted molar refractivity (Wildman–Crippen MR) is 206 cm³/mol. The van der Waals surface area contributed by atoms with Crippen molar-refractivity contribution in [2.45, 2.75) is 0 Å². The Morgan fingerprint density at radius 1 is 0.462 bits per heavy atom. The third-order valence-electron chi connectivity index (χ3n) is 9.86. The van der Waals surface area contributed by atoms with E-state index < -0.39 is 0 Å². The van der Waals surface area contributed by atoms with Crippen LogP contribution < -0.4 is 0 Å². The van der Waals surface area contributed by atoms with Crippen LogP contribution >= 0.6 is 0 Å². The van der Waals surface area contributed by atoms with Crippen molar-refractivity contribution in [2.75, 3.05) is 0 Å². The number of benzene rings is 4. The van der Waals surface area contributed by atoms with Crippen LogP contribution in [0.1, 0.15) is 5.56 Å². The van der Waals surface area contributed by atoms with E-state index in [0.29, 0.717) is 5.56 Å². The van der Waals surface area contributed by atoms with Crippen LogP contribution in [0.3, 0.4) is 0 Å². The first-order chi connectivity index (χ1) is 25.8. The molecular formula is C45H26N6O. The normalized spacial score (nSPS) is 11.4. The van der Waals surface area contributed by atoms with Crippen LogP contribution in [0.25, 0.3) is 93.9 Å². The van der Waals surface area contributed by atoms with Gasteiger partial charge in [0.15, 0.2) is 5.58 Å². The number of nitrogens with zero attached hydrogens (tertiary/aromatic N) is 6. The molecular weight excluding hydrogens is 641 g/mol. The fraction of sp³-hybridized carbons (Fsp3) is 0. The maximum atomic E-state index is 11.6. The van der Waals surface area contributed by atoms with Gasteiger partial charge in [-0.3, -0.25) is 19.9 Å². The molecule has 0 saturated carbocycles. The molecule has 0 spiro atoms. The van der Waals surface area contributed by atoms with Gasteiger partial charge in [0.25, 0.3) is 0 Å². The number of pyridine rings is 4. The first-order valence-electron chi connectivity index (χ1n) is 16.9. The zero-order chi connectivity index (χ0) is 34.6. The molecule has 0 N–H and O–H groups in total. The van der Waals surface area contributed by atoms with Crippen LogP contribution in [-0.2, 0) is 0 Å². The van der Waals surface area contributed by atoms with Crippen LogP contribution in [0, 0.1) is 11.3 Å². The molecule has 0 atom stereocenters. The second-order valence-electron chi connectivity index (χ2n) is 12.6. The van der Waals surface area contributed by atoms with Gasteiger partial charge in [-0.25, -0.2) is 0 Å². The largest absolute Gasteiger partial charge is 0.454 e. The van der Waals surface area contributed by atoms with Gasteiger partial charge in [0, 0.05) is 87.8 Å². The van der Waals surface area contributed by atoms with Gasteiger partial charge in [-0.1, -0.05) is 42.5 Å². The van der Waals surface area contributed by atoms with Gasteiger partial charge >= 0.3 is 0 Å². The molecule has 6 heterocycles. The van der Waals surface area contributed by atoms with Crippen molar-refractivity contribution < 1.29 is 4.42 Å². The lowest BCUT2D eigenvalue weighted by molar-refractivity contribution is 0.671. The zero-order valence-electron chi connectivity index (χ0n) is 27.6. The molecule has 4 aromatic carbocycles. The lowest BCUT2D eigenvalue weighted by atomic mass is 9.79. The van der Waals surface area contributed by atoms with Gasteiger partial charge < -0.3 is 8.98 Å². The summed E-state index contributed by atoms with van der Waals surface area (Å²) >= 11 is 0. The van der Waals surface area contributed by atoms with Crippen LogP contribution in [0.15, 0.2) is 163 Å². The molecule has 0 aliphatic rings. The van der Waals surface area contributed by atoms with E-state index in [1.807, 2.05) is 85.2 Å². The third-order valence-corrected chi connectivity index (χ3v) is 9.86. The van der Waals surface area contributed by atoms with Crippen LogP contribution in [0.2, 0.25) is 0 Å². The number of hydrogen-bond acceptors (Lipinski definition) is 6. The summed E-state index contributed by atoms with van der Waals surface area (Å²) in [6, 6.07) is 39.6. The molecule has 10 rings (SSSR count). The van der Waals surface area contributed by atoms with Gasteiger partial charge in [-0.15, -0.1) is 0 Å². The molecule has 0 unspecified atom stereocenters. The van der Waals surface area contributed by atoms with Crippen molar-refractivity contribution in [2.24, 2.45) is 0 Å². The summed E-state index contributed by atoms with van der Waals surface area (Å²) in [5.74, 6) is 0. The van der Waals surface area contributed by atoms with E-state index in [-0.39, 0.29) is 0 Å². The summed E-state index contributed by atoms with van der Waals surface area (Å²) in [5, 5.41) is 15.7. The lowest BCUT2D eigenvalue weighted by Crippen LogP contribution is -2.07. The summed E-state index contributed by atoms with van der Waals surface area (Å²) in [6.45, 7) is 0. The number of rotatable bonds is 5. The van der Waals surface area contributed by atoms with E-state index in [2.05, 4.69) is 67.0 Å². The van der Waals surface area contributed by atoms with E-state index >= 15 is 0 Å². The van der Waals surface area contributed by atoms with Crippen molar-refractivity contribution in [3.63, 3.8) is 0 Å². The fourth-order valence-electron chi connectivity index (χ4n) is 7.75. The van der Waals surface area contributed by atoms with E-state index in [9.17, 15) is 5.26 Å². The minimum absolute atomic E-state index is 0.512. The molecule has 0 fully saturated rings. The van der Waals surface area contributed by atoms with Crippen molar-refractivity contribution in [3.05, 3.63) is 164 Å². The Morgan fingerprint density at radius 2 is 0.942 bits per heavy atom. The molecule has 6 aromatic heterocycles. The Morgan fingerprint density at radius 3 is 1.54 bits per heavy atom. The third kappa shape index (κ3) is 4.38. The van der Waals surface area contributed by atoms with Crippen molar-refractivity contribution in [1.82, 2.24) is 24.5 Å². The Bertz CT molecular complexity index is 3000. The van der Waals surface area contributed by atoms with Gasteiger partial charge in [0.2, 0.25) is 0 Å². The monoisotopic (exact) mass is 666 g/mol. The Hall–Kier alpha value is -7.43. The van der Waals surface area contributed by atoms with Crippen LogP contribution in [0.5, 0.6) is 0 Å². The SMILES string of the molecule is N#Cc1c(-c2ccncc2)c(-c2ccncc2)c(-c2ccncc2)c(-c2ccncc2)c1-n1c2ccccc2c2ccc3c4ccccc4oc3c21. The van der Waals surface area contributed by atoms with Gasteiger partial charge in [-0.2, -0.15) is 5.26 Å². The van der Waals surface area contributed by atoms with Gasteiger partial charge in [0.05, 0.1) is 22.3 Å². The van der Waals surface area contributed by atoms with E-state index in [0.717, 1.165) is 93.9 Å². The van der Waals surface area contributed by atoms with Crippen molar-refractivity contribution >= 4 is 43.7 Å². The molecule has 242 valence electrons. The van der Waals surface area contributed by atoms with E-state index in [4.69, 9.17) is 4.42 Å². The molecule has 7 heteroatoms. The average Bonchev–Trinajstić information content (AvgIpc) is 3.77. The van der Waals surface area contributed by atoms with E-state index in [1.165, 1.54) is 0 Å². The van der Waals surface area contributed by atoms with Crippen molar-refractivity contribution in [3.8, 4) is 56.3 Å². The standard InChI is InChI=1S/C45H26N6O/c46-27-36-39(28-11-19-47-20-12-28)40(29-13-21-48-22-14-29)41(30-15-23-49-24-16-30)42(31-17-25-50-26-18-31)43(36)51-37-7-3-1-5-32(37)34-9-10-35-33-6-2-4-8-38(33)52-45(35)44(34)51/h1-26H.